The summed E-state index contributed by atoms with van der Waals surface area (Å²) in [4.78, 5) is 24.2. The van der Waals surface area contributed by atoms with Crippen LogP contribution in [0.2, 0.25) is 0 Å². The molecule has 1 aromatic carbocycles. The molecule has 2 rings (SSSR count). The maximum absolute atomic E-state index is 12.3. The van der Waals surface area contributed by atoms with Crippen molar-refractivity contribution in [3.63, 3.8) is 0 Å². The van der Waals surface area contributed by atoms with Gasteiger partial charge in [-0.05, 0) is 37.6 Å². The molecule has 0 radical (unpaired) electrons. The molecule has 2 aromatic rings. The van der Waals surface area contributed by atoms with Crippen LogP contribution in [0.5, 0.6) is 5.75 Å². The van der Waals surface area contributed by atoms with E-state index in [1.807, 2.05) is 12.1 Å². The molecule has 24 heavy (non-hydrogen) atoms. The Kier molecular flexibility index (Phi) is 6.61. The van der Waals surface area contributed by atoms with Gasteiger partial charge >= 0.3 is 4.87 Å². The van der Waals surface area contributed by atoms with Gasteiger partial charge in [0, 0.05) is 18.4 Å². The van der Waals surface area contributed by atoms with E-state index in [1.165, 1.54) is 23.8 Å². The van der Waals surface area contributed by atoms with E-state index in [4.69, 9.17) is 4.74 Å². The molecular formula is C18H24N2O3S. The van der Waals surface area contributed by atoms with E-state index in [-0.39, 0.29) is 10.8 Å². The summed E-state index contributed by atoms with van der Waals surface area (Å²) in [5.41, 5.74) is 1.36. The van der Waals surface area contributed by atoms with Crippen molar-refractivity contribution in [1.29, 1.82) is 0 Å². The molecule has 1 N–H and O–H groups in total. The fourth-order valence-electron chi connectivity index (χ4n) is 2.27. The number of benzene rings is 1. The van der Waals surface area contributed by atoms with E-state index in [9.17, 15) is 9.59 Å². The Morgan fingerprint density at radius 1 is 1.21 bits per heavy atom. The summed E-state index contributed by atoms with van der Waals surface area (Å²) in [5, 5.41) is 2.81. The number of hydrogen-bond donors (Lipinski definition) is 1. The lowest BCUT2D eigenvalue weighted by atomic mass is 10.2. The van der Waals surface area contributed by atoms with Crippen LogP contribution in [0.25, 0.3) is 0 Å². The van der Waals surface area contributed by atoms with Crippen molar-refractivity contribution in [3.05, 3.63) is 44.5 Å². The minimum atomic E-state index is -0.261. The molecular weight excluding hydrogens is 324 g/mol. The van der Waals surface area contributed by atoms with Crippen LogP contribution in [0, 0.1) is 6.92 Å². The highest BCUT2D eigenvalue weighted by atomic mass is 32.1. The summed E-state index contributed by atoms with van der Waals surface area (Å²) in [6.45, 7) is 4.66. The van der Waals surface area contributed by atoms with E-state index in [0.717, 1.165) is 23.5 Å². The van der Waals surface area contributed by atoms with Crippen molar-refractivity contribution in [3.8, 4) is 5.75 Å². The minimum Gasteiger partial charge on any atom is -0.494 e. The Bertz CT molecular complexity index is 732. The van der Waals surface area contributed by atoms with E-state index in [0.29, 0.717) is 22.9 Å². The molecule has 6 heteroatoms. The predicted molar refractivity (Wildman–Crippen MR) is 98.3 cm³/mol. The molecule has 0 aliphatic carbocycles. The van der Waals surface area contributed by atoms with Crippen LogP contribution in [0.1, 0.15) is 48.0 Å². The molecule has 0 aliphatic heterocycles. The standard InChI is InChI=1S/C18H24N2O3S/c1-4-5-6-7-12-23-15-10-8-14(9-11-15)19-17(21)16-13(2)20(3)18(22)24-16/h8-11H,4-7,12H2,1-3H3,(H,19,21). The first kappa shape index (κ1) is 18.3. The average molecular weight is 348 g/mol. The quantitative estimate of drug-likeness (QED) is 0.734. The first-order chi connectivity index (χ1) is 11.5. The molecule has 0 fully saturated rings. The van der Waals surface area contributed by atoms with Gasteiger partial charge in [-0.15, -0.1) is 0 Å². The Morgan fingerprint density at radius 3 is 2.50 bits per heavy atom. The monoisotopic (exact) mass is 348 g/mol. The largest absolute Gasteiger partial charge is 0.494 e. The van der Waals surface area contributed by atoms with Gasteiger partial charge in [-0.25, -0.2) is 0 Å². The zero-order valence-electron chi connectivity index (χ0n) is 14.4. The number of carbonyl (C=O) groups excluding carboxylic acids is 1. The van der Waals surface area contributed by atoms with Crippen LogP contribution in [0.4, 0.5) is 5.69 Å². The minimum absolute atomic E-state index is 0.135. The van der Waals surface area contributed by atoms with Crippen LogP contribution in [0.15, 0.2) is 29.1 Å². The highest BCUT2D eigenvalue weighted by molar-refractivity contribution is 7.11. The number of unbranched alkanes of at least 4 members (excludes halogenated alkanes) is 3. The normalized spacial score (nSPS) is 10.6. The highest BCUT2D eigenvalue weighted by Crippen LogP contribution is 2.18. The van der Waals surface area contributed by atoms with Crippen LogP contribution < -0.4 is 14.9 Å². The number of carbonyl (C=O) groups is 1. The van der Waals surface area contributed by atoms with Crippen molar-refractivity contribution < 1.29 is 9.53 Å². The van der Waals surface area contributed by atoms with Crippen LogP contribution in [0.3, 0.4) is 0 Å². The molecule has 130 valence electrons. The fraction of sp³-hybridized carbons (Fsp3) is 0.444. The average Bonchev–Trinajstić information content (AvgIpc) is 2.84. The molecule has 0 saturated carbocycles. The summed E-state index contributed by atoms with van der Waals surface area (Å²) in [6.07, 6.45) is 4.69. The third-order valence-electron chi connectivity index (χ3n) is 3.88. The Morgan fingerprint density at radius 2 is 1.92 bits per heavy atom. The zero-order chi connectivity index (χ0) is 17.5. The maximum Gasteiger partial charge on any atom is 0.307 e. The number of aromatic nitrogens is 1. The number of thiazole rings is 1. The van der Waals surface area contributed by atoms with Gasteiger partial charge in [0.15, 0.2) is 0 Å². The van der Waals surface area contributed by atoms with Gasteiger partial charge in [-0.2, -0.15) is 0 Å². The van der Waals surface area contributed by atoms with Crippen molar-refractivity contribution in [1.82, 2.24) is 4.57 Å². The number of anilines is 1. The molecule has 0 spiro atoms. The number of hydrogen-bond acceptors (Lipinski definition) is 4. The van der Waals surface area contributed by atoms with Crippen molar-refractivity contribution in [2.24, 2.45) is 7.05 Å². The summed E-state index contributed by atoms with van der Waals surface area (Å²) < 4.78 is 7.16. The SMILES string of the molecule is CCCCCCOc1ccc(NC(=O)c2sc(=O)n(C)c2C)cc1. The summed E-state index contributed by atoms with van der Waals surface area (Å²) >= 11 is 0.960. The van der Waals surface area contributed by atoms with E-state index < -0.39 is 0 Å². The lowest BCUT2D eigenvalue weighted by Gasteiger charge is -2.08. The molecule has 5 nitrogen and oxygen atoms in total. The van der Waals surface area contributed by atoms with Gasteiger partial charge in [0.05, 0.1) is 6.61 Å². The molecule has 1 heterocycles. The number of ether oxygens (including phenoxy) is 1. The molecule has 0 aliphatic rings. The Labute approximate surface area is 146 Å². The van der Waals surface area contributed by atoms with Gasteiger partial charge in [-0.1, -0.05) is 37.5 Å². The fourth-order valence-corrected chi connectivity index (χ4v) is 3.15. The number of rotatable bonds is 8. The Balaban J connectivity index is 1.90. The molecule has 0 saturated heterocycles. The first-order valence-electron chi connectivity index (χ1n) is 8.23. The molecule has 0 bridgehead atoms. The lowest BCUT2D eigenvalue weighted by Crippen LogP contribution is -2.12. The summed E-state index contributed by atoms with van der Waals surface area (Å²) in [7, 11) is 1.66. The van der Waals surface area contributed by atoms with Gasteiger partial charge in [-0.3, -0.25) is 9.59 Å². The Hall–Kier alpha value is -2.08. The van der Waals surface area contributed by atoms with Crippen molar-refractivity contribution in [2.75, 3.05) is 11.9 Å². The topological polar surface area (TPSA) is 60.3 Å². The van der Waals surface area contributed by atoms with Gasteiger partial charge < -0.3 is 14.6 Å². The van der Waals surface area contributed by atoms with E-state index >= 15 is 0 Å². The smallest absolute Gasteiger partial charge is 0.307 e. The second-order valence-electron chi connectivity index (χ2n) is 5.73. The summed E-state index contributed by atoms with van der Waals surface area (Å²) in [5.74, 6) is 0.536. The number of nitrogens with zero attached hydrogens (tertiary/aromatic N) is 1. The maximum atomic E-state index is 12.3. The first-order valence-corrected chi connectivity index (χ1v) is 9.05. The second kappa shape index (κ2) is 8.68. The van der Waals surface area contributed by atoms with Crippen LogP contribution in [-0.2, 0) is 7.05 Å². The third-order valence-corrected chi connectivity index (χ3v) is 5.01. The van der Waals surface area contributed by atoms with Crippen molar-refractivity contribution >= 4 is 22.9 Å². The van der Waals surface area contributed by atoms with Crippen LogP contribution in [-0.4, -0.2) is 17.1 Å². The second-order valence-corrected chi connectivity index (χ2v) is 6.69. The van der Waals surface area contributed by atoms with Gasteiger partial charge in [0.25, 0.3) is 5.91 Å². The van der Waals surface area contributed by atoms with Crippen LogP contribution >= 0.6 is 11.3 Å². The third kappa shape index (κ3) is 4.71. The van der Waals surface area contributed by atoms with Gasteiger partial charge in [0.1, 0.15) is 10.6 Å². The molecule has 0 unspecified atom stereocenters. The van der Waals surface area contributed by atoms with E-state index in [1.54, 1.807) is 26.1 Å². The molecule has 1 amide bonds. The number of nitrogens with one attached hydrogen (secondary N) is 1. The number of amides is 1. The highest BCUT2D eigenvalue weighted by Gasteiger charge is 2.15. The zero-order valence-corrected chi connectivity index (χ0v) is 15.2. The lowest BCUT2D eigenvalue weighted by molar-refractivity contribution is 0.102. The molecule has 1 aromatic heterocycles. The summed E-state index contributed by atoms with van der Waals surface area (Å²) in [6, 6.07) is 7.30. The predicted octanol–water partition coefficient (Wildman–Crippen LogP) is 3.97. The van der Waals surface area contributed by atoms with Gasteiger partial charge in [0.2, 0.25) is 0 Å². The molecule has 0 atom stereocenters. The van der Waals surface area contributed by atoms with Crippen molar-refractivity contribution in [2.45, 2.75) is 39.5 Å². The van der Waals surface area contributed by atoms with E-state index in [2.05, 4.69) is 12.2 Å².